The van der Waals surface area contributed by atoms with Crippen molar-refractivity contribution in [2.75, 3.05) is 19.5 Å². The third kappa shape index (κ3) is 4.20. The summed E-state index contributed by atoms with van der Waals surface area (Å²) >= 11 is 1.45. The summed E-state index contributed by atoms with van der Waals surface area (Å²) in [7, 11) is 1.67. The largest absolute Gasteiger partial charge is 0.383 e. The van der Waals surface area contributed by atoms with Crippen molar-refractivity contribution in [3.05, 3.63) is 6.33 Å². The molecule has 2 heterocycles. The minimum atomic E-state index is 0.195. The second-order valence-electron chi connectivity index (χ2n) is 5.52. The summed E-state index contributed by atoms with van der Waals surface area (Å²) in [5.41, 5.74) is 0. The molecule has 0 saturated carbocycles. The summed E-state index contributed by atoms with van der Waals surface area (Å²) < 4.78 is 6.98. The van der Waals surface area contributed by atoms with Crippen LogP contribution in [0, 0.1) is 0 Å². The van der Waals surface area contributed by atoms with E-state index in [1.54, 1.807) is 13.4 Å². The van der Waals surface area contributed by atoms with Gasteiger partial charge in [-0.05, 0) is 33.1 Å². The van der Waals surface area contributed by atoms with Crippen LogP contribution in [0.3, 0.4) is 0 Å². The molecule has 1 saturated heterocycles. The minimum absolute atomic E-state index is 0.195. The number of piperidine rings is 1. The molecule has 118 valence electrons. The van der Waals surface area contributed by atoms with Gasteiger partial charge in [-0.3, -0.25) is 4.79 Å². The molecule has 0 spiro atoms. The van der Waals surface area contributed by atoms with Crippen molar-refractivity contribution in [3.63, 3.8) is 0 Å². The van der Waals surface area contributed by atoms with Gasteiger partial charge in [-0.1, -0.05) is 11.8 Å². The third-order valence-corrected chi connectivity index (χ3v) is 4.89. The van der Waals surface area contributed by atoms with Crippen molar-refractivity contribution in [1.82, 2.24) is 19.7 Å². The molecule has 1 aromatic rings. The number of hydrogen-bond acceptors (Lipinski definition) is 5. The number of hydrogen-bond donors (Lipinski definition) is 0. The van der Waals surface area contributed by atoms with Gasteiger partial charge in [0.1, 0.15) is 6.33 Å². The van der Waals surface area contributed by atoms with Crippen molar-refractivity contribution >= 4 is 17.7 Å². The lowest BCUT2D eigenvalue weighted by atomic mass is 9.98. The standard InChI is InChI=1S/C14H24N4O2S/c1-11-5-4-6-12(2)18(11)13(19)9-21-14-16-15-10-17(14)7-8-20-3/h10-12H,4-9H2,1-3H3/t11-,12+. The number of likely N-dealkylation sites (tertiary alicyclic amines) is 1. The first-order valence-electron chi connectivity index (χ1n) is 7.44. The Morgan fingerprint density at radius 1 is 1.43 bits per heavy atom. The summed E-state index contributed by atoms with van der Waals surface area (Å²) in [6.07, 6.45) is 5.10. The Labute approximate surface area is 130 Å². The molecular formula is C14H24N4O2S. The molecule has 1 fully saturated rings. The summed E-state index contributed by atoms with van der Waals surface area (Å²) in [4.78, 5) is 14.5. The Kier molecular flexibility index (Phi) is 6.05. The van der Waals surface area contributed by atoms with Crippen LogP contribution in [0.5, 0.6) is 0 Å². The number of carbonyl (C=O) groups is 1. The first-order valence-corrected chi connectivity index (χ1v) is 8.42. The van der Waals surface area contributed by atoms with Crippen molar-refractivity contribution in [1.29, 1.82) is 0 Å². The average Bonchev–Trinajstić information content (AvgIpc) is 2.90. The highest BCUT2D eigenvalue weighted by Gasteiger charge is 2.28. The number of rotatable bonds is 6. The van der Waals surface area contributed by atoms with Gasteiger partial charge in [-0.15, -0.1) is 10.2 Å². The lowest BCUT2D eigenvalue weighted by molar-refractivity contribution is -0.134. The number of thioether (sulfide) groups is 1. The first-order chi connectivity index (χ1) is 10.1. The SMILES string of the molecule is COCCn1cnnc1SCC(=O)N1[C@H](C)CCC[C@@H]1C. The van der Waals surface area contributed by atoms with Crippen LogP contribution in [0.4, 0.5) is 0 Å². The van der Waals surface area contributed by atoms with Crippen molar-refractivity contribution in [3.8, 4) is 0 Å². The van der Waals surface area contributed by atoms with E-state index in [2.05, 4.69) is 24.0 Å². The number of carbonyl (C=O) groups excluding carboxylic acids is 1. The molecule has 1 aliphatic rings. The lowest BCUT2D eigenvalue weighted by Crippen LogP contribution is -2.48. The van der Waals surface area contributed by atoms with E-state index in [1.807, 2.05) is 9.47 Å². The highest BCUT2D eigenvalue weighted by atomic mass is 32.2. The maximum Gasteiger partial charge on any atom is 0.233 e. The predicted octanol–water partition coefficient (Wildman–Crippen LogP) is 1.81. The number of methoxy groups -OCH3 is 1. The quantitative estimate of drug-likeness (QED) is 0.750. The number of nitrogens with zero attached hydrogens (tertiary/aromatic N) is 4. The van der Waals surface area contributed by atoms with E-state index in [4.69, 9.17) is 4.74 Å². The van der Waals surface area contributed by atoms with Crippen molar-refractivity contribution < 1.29 is 9.53 Å². The molecule has 1 amide bonds. The number of amides is 1. The predicted molar refractivity (Wildman–Crippen MR) is 82.2 cm³/mol. The Morgan fingerprint density at radius 2 is 2.14 bits per heavy atom. The van der Waals surface area contributed by atoms with E-state index < -0.39 is 0 Å². The summed E-state index contributed by atoms with van der Waals surface area (Å²) in [5, 5.41) is 8.76. The van der Waals surface area contributed by atoms with Crippen molar-refractivity contribution in [2.24, 2.45) is 0 Å². The zero-order valence-corrected chi connectivity index (χ0v) is 13.8. The lowest BCUT2D eigenvalue weighted by Gasteiger charge is -2.39. The second kappa shape index (κ2) is 7.79. The van der Waals surface area contributed by atoms with E-state index in [0.29, 0.717) is 31.0 Å². The zero-order chi connectivity index (χ0) is 15.2. The molecule has 2 rings (SSSR count). The second-order valence-corrected chi connectivity index (χ2v) is 6.46. The molecule has 21 heavy (non-hydrogen) atoms. The van der Waals surface area contributed by atoms with Crippen LogP contribution in [0.1, 0.15) is 33.1 Å². The van der Waals surface area contributed by atoms with Crippen LogP contribution in [-0.4, -0.2) is 57.1 Å². The number of aromatic nitrogens is 3. The molecule has 0 aromatic carbocycles. The molecule has 1 aromatic heterocycles. The molecular weight excluding hydrogens is 288 g/mol. The van der Waals surface area contributed by atoms with Crippen molar-refractivity contribution in [2.45, 2.75) is 56.9 Å². The van der Waals surface area contributed by atoms with Gasteiger partial charge in [0.2, 0.25) is 5.91 Å². The molecule has 2 atom stereocenters. The van der Waals surface area contributed by atoms with E-state index in [-0.39, 0.29) is 5.91 Å². The Balaban J connectivity index is 1.90. The zero-order valence-electron chi connectivity index (χ0n) is 13.0. The fourth-order valence-electron chi connectivity index (χ4n) is 2.81. The maximum absolute atomic E-state index is 12.5. The van der Waals surface area contributed by atoms with Gasteiger partial charge in [0.05, 0.1) is 12.4 Å². The highest BCUT2D eigenvalue weighted by Crippen LogP contribution is 2.24. The highest BCUT2D eigenvalue weighted by molar-refractivity contribution is 7.99. The van der Waals surface area contributed by atoms with Gasteiger partial charge in [0.25, 0.3) is 0 Å². The van der Waals surface area contributed by atoms with E-state index in [9.17, 15) is 4.79 Å². The average molecular weight is 312 g/mol. The van der Waals surface area contributed by atoms with Gasteiger partial charge < -0.3 is 14.2 Å². The number of ether oxygens (including phenoxy) is 1. The molecule has 0 unspecified atom stereocenters. The maximum atomic E-state index is 12.5. The minimum Gasteiger partial charge on any atom is -0.383 e. The smallest absolute Gasteiger partial charge is 0.233 e. The molecule has 1 aliphatic heterocycles. The van der Waals surface area contributed by atoms with Gasteiger partial charge in [0, 0.05) is 25.7 Å². The van der Waals surface area contributed by atoms with Gasteiger partial charge in [0.15, 0.2) is 5.16 Å². The Hall–Kier alpha value is -1.08. The Bertz CT molecular complexity index is 456. The fraction of sp³-hybridized carbons (Fsp3) is 0.786. The molecule has 0 bridgehead atoms. The molecule has 0 aliphatic carbocycles. The molecule has 0 radical (unpaired) electrons. The van der Waals surface area contributed by atoms with Gasteiger partial charge in [-0.2, -0.15) is 0 Å². The molecule has 7 heteroatoms. The summed E-state index contributed by atoms with van der Waals surface area (Å²) in [5.74, 6) is 0.612. The van der Waals surface area contributed by atoms with Crippen LogP contribution in [0.15, 0.2) is 11.5 Å². The fourth-order valence-corrected chi connectivity index (χ4v) is 3.62. The van der Waals surface area contributed by atoms with Crippen LogP contribution in [0.25, 0.3) is 0 Å². The first kappa shape index (κ1) is 16.3. The monoisotopic (exact) mass is 312 g/mol. The van der Waals surface area contributed by atoms with Crippen LogP contribution in [0.2, 0.25) is 0 Å². The third-order valence-electron chi connectivity index (χ3n) is 3.92. The van der Waals surface area contributed by atoms with E-state index in [1.165, 1.54) is 18.2 Å². The summed E-state index contributed by atoms with van der Waals surface area (Å²) in [6.45, 7) is 5.59. The molecule has 0 N–H and O–H groups in total. The van der Waals surface area contributed by atoms with Crippen LogP contribution in [-0.2, 0) is 16.1 Å². The van der Waals surface area contributed by atoms with Crippen LogP contribution >= 0.6 is 11.8 Å². The van der Waals surface area contributed by atoms with Crippen LogP contribution < -0.4 is 0 Å². The topological polar surface area (TPSA) is 60.2 Å². The van der Waals surface area contributed by atoms with E-state index >= 15 is 0 Å². The van der Waals surface area contributed by atoms with Gasteiger partial charge in [-0.25, -0.2) is 0 Å². The van der Waals surface area contributed by atoms with Gasteiger partial charge >= 0.3 is 0 Å². The normalized spacial score (nSPS) is 22.5. The Morgan fingerprint density at radius 3 is 2.81 bits per heavy atom. The van der Waals surface area contributed by atoms with E-state index in [0.717, 1.165) is 18.0 Å². The summed E-state index contributed by atoms with van der Waals surface area (Å²) in [6, 6.07) is 0.682. The molecule has 6 nitrogen and oxygen atoms in total.